The number of nitrogens with two attached hydrogens (primary N) is 1. The molecule has 1 heterocycles. The number of primary amides is 1. The van der Waals surface area contributed by atoms with E-state index in [1.807, 2.05) is 0 Å². The Labute approximate surface area is 104 Å². The van der Waals surface area contributed by atoms with Gasteiger partial charge < -0.3 is 11.1 Å². The van der Waals surface area contributed by atoms with E-state index in [0.29, 0.717) is 11.3 Å². The first-order valence-electron chi connectivity index (χ1n) is 5.47. The first-order chi connectivity index (χ1) is 8.49. The van der Waals surface area contributed by atoms with E-state index in [-0.39, 0.29) is 18.9 Å². The van der Waals surface area contributed by atoms with Gasteiger partial charge in [-0.05, 0) is 24.1 Å². The normalized spacial score (nSPS) is 14.8. The average molecular weight is 247 g/mol. The SMILES string of the molecule is Cc1ccc(CC(N)=O)cc1N1C(=O)CNC1=O. The average Bonchev–Trinajstić information content (AvgIpc) is 2.61. The number of carbonyl (C=O) groups is 3. The number of nitrogens with one attached hydrogen (secondary N) is 1. The molecule has 1 aromatic carbocycles. The molecular formula is C12H13N3O3. The van der Waals surface area contributed by atoms with E-state index < -0.39 is 11.9 Å². The second-order valence-electron chi connectivity index (χ2n) is 4.15. The summed E-state index contributed by atoms with van der Waals surface area (Å²) in [5.74, 6) is -0.763. The maximum absolute atomic E-state index is 11.6. The van der Waals surface area contributed by atoms with Gasteiger partial charge in [0.1, 0.15) is 0 Å². The van der Waals surface area contributed by atoms with Crippen LogP contribution in [0.25, 0.3) is 0 Å². The van der Waals surface area contributed by atoms with Gasteiger partial charge in [0.05, 0.1) is 18.7 Å². The number of carbonyl (C=O) groups excluding carboxylic acids is 3. The summed E-state index contributed by atoms with van der Waals surface area (Å²) in [6, 6.07) is 4.71. The Morgan fingerprint density at radius 1 is 1.44 bits per heavy atom. The summed E-state index contributed by atoms with van der Waals surface area (Å²) in [6.45, 7) is 1.79. The zero-order chi connectivity index (χ0) is 13.3. The van der Waals surface area contributed by atoms with Crippen LogP contribution in [0.15, 0.2) is 18.2 Å². The molecular weight excluding hydrogens is 234 g/mol. The molecule has 0 bridgehead atoms. The summed E-state index contributed by atoms with van der Waals surface area (Å²) < 4.78 is 0. The second kappa shape index (κ2) is 4.48. The maximum Gasteiger partial charge on any atom is 0.329 e. The molecule has 0 unspecified atom stereocenters. The molecule has 3 N–H and O–H groups in total. The molecule has 0 aromatic heterocycles. The third-order valence-electron chi connectivity index (χ3n) is 2.74. The minimum absolute atomic E-state index is 0.00167. The number of anilines is 1. The summed E-state index contributed by atoms with van der Waals surface area (Å²) in [7, 11) is 0. The van der Waals surface area contributed by atoms with Crippen LogP contribution in [0.3, 0.4) is 0 Å². The van der Waals surface area contributed by atoms with Crippen molar-refractivity contribution in [2.75, 3.05) is 11.4 Å². The minimum atomic E-state index is -0.456. The van der Waals surface area contributed by atoms with Crippen LogP contribution in [0.4, 0.5) is 10.5 Å². The van der Waals surface area contributed by atoms with Gasteiger partial charge in [0, 0.05) is 0 Å². The minimum Gasteiger partial charge on any atom is -0.369 e. The number of aryl methyl sites for hydroxylation is 1. The van der Waals surface area contributed by atoms with E-state index >= 15 is 0 Å². The highest BCUT2D eigenvalue weighted by molar-refractivity contribution is 6.20. The third kappa shape index (κ3) is 2.17. The number of nitrogens with zero attached hydrogens (tertiary/aromatic N) is 1. The molecule has 6 heteroatoms. The largest absolute Gasteiger partial charge is 0.369 e. The molecule has 18 heavy (non-hydrogen) atoms. The van der Waals surface area contributed by atoms with Crippen molar-refractivity contribution in [3.8, 4) is 0 Å². The Bertz CT molecular complexity index is 523. The summed E-state index contributed by atoms with van der Waals surface area (Å²) in [5, 5.41) is 2.45. The number of imide groups is 1. The van der Waals surface area contributed by atoms with Crippen LogP contribution in [-0.4, -0.2) is 24.4 Å². The highest BCUT2D eigenvalue weighted by atomic mass is 16.2. The van der Waals surface area contributed by atoms with Crippen LogP contribution in [0.5, 0.6) is 0 Å². The van der Waals surface area contributed by atoms with Crippen molar-refractivity contribution < 1.29 is 14.4 Å². The smallest absolute Gasteiger partial charge is 0.329 e. The molecule has 1 aliphatic rings. The summed E-state index contributed by atoms with van der Waals surface area (Å²) >= 11 is 0. The van der Waals surface area contributed by atoms with Crippen molar-refractivity contribution in [2.45, 2.75) is 13.3 Å². The molecule has 1 saturated heterocycles. The lowest BCUT2D eigenvalue weighted by Gasteiger charge is -2.16. The molecule has 2 rings (SSSR count). The summed E-state index contributed by atoms with van der Waals surface area (Å²) in [5.41, 5.74) is 7.08. The van der Waals surface area contributed by atoms with E-state index in [9.17, 15) is 14.4 Å². The first-order valence-corrected chi connectivity index (χ1v) is 5.47. The molecule has 0 aliphatic carbocycles. The van der Waals surface area contributed by atoms with Crippen molar-refractivity contribution in [3.63, 3.8) is 0 Å². The molecule has 1 aromatic rings. The molecule has 4 amide bonds. The van der Waals surface area contributed by atoms with Crippen LogP contribution in [-0.2, 0) is 16.0 Å². The van der Waals surface area contributed by atoms with Gasteiger partial charge in [-0.25, -0.2) is 9.69 Å². The predicted molar refractivity (Wildman–Crippen MR) is 65.0 cm³/mol. The zero-order valence-corrected chi connectivity index (χ0v) is 9.90. The maximum atomic E-state index is 11.6. The van der Waals surface area contributed by atoms with Crippen molar-refractivity contribution >= 4 is 23.5 Å². The molecule has 0 spiro atoms. The van der Waals surface area contributed by atoms with Gasteiger partial charge in [0.25, 0.3) is 5.91 Å². The standard InChI is InChI=1S/C12H13N3O3/c1-7-2-3-8(5-10(13)16)4-9(7)15-11(17)6-14-12(15)18/h2-4H,5-6H2,1H3,(H2,13,16)(H,14,18). The Morgan fingerprint density at radius 3 is 2.72 bits per heavy atom. The summed E-state index contributed by atoms with van der Waals surface area (Å²) in [6.07, 6.45) is 0.0803. The fourth-order valence-corrected chi connectivity index (χ4v) is 1.87. The number of hydrogen-bond donors (Lipinski definition) is 2. The van der Waals surface area contributed by atoms with E-state index in [0.717, 1.165) is 10.5 Å². The highest BCUT2D eigenvalue weighted by Gasteiger charge is 2.31. The first kappa shape index (κ1) is 12.1. The number of benzene rings is 1. The van der Waals surface area contributed by atoms with Crippen LogP contribution < -0.4 is 16.0 Å². The lowest BCUT2D eigenvalue weighted by atomic mass is 10.1. The monoisotopic (exact) mass is 247 g/mol. The topological polar surface area (TPSA) is 92.5 Å². The zero-order valence-electron chi connectivity index (χ0n) is 9.90. The lowest BCUT2D eigenvalue weighted by Crippen LogP contribution is -2.31. The summed E-state index contributed by atoms with van der Waals surface area (Å²) in [4.78, 5) is 35.2. The van der Waals surface area contributed by atoms with E-state index in [4.69, 9.17) is 5.73 Å². The van der Waals surface area contributed by atoms with E-state index in [1.165, 1.54) is 0 Å². The molecule has 1 fully saturated rings. The molecule has 0 atom stereocenters. The lowest BCUT2D eigenvalue weighted by molar-refractivity contribution is -0.117. The molecule has 94 valence electrons. The Hall–Kier alpha value is -2.37. The molecule has 6 nitrogen and oxygen atoms in total. The number of hydrogen-bond acceptors (Lipinski definition) is 3. The van der Waals surface area contributed by atoms with Crippen molar-refractivity contribution in [3.05, 3.63) is 29.3 Å². The van der Waals surface area contributed by atoms with Gasteiger partial charge in [-0.15, -0.1) is 0 Å². The third-order valence-corrected chi connectivity index (χ3v) is 2.74. The van der Waals surface area contributed by atoms with Gasteiger partial charge in [-0.2, -0.15) is 0 Å². The molecule has 0 radical (unpaired) electrons. The van der Waals surface area contributed by atoms with Crippen LogP contribution in [0, 0.1) is 6.92 Å². The number of urea groups is 1. The van der Waals surface area contributed by atoms with Crippen LogP contribution in [0.2, 0.25) is 0 Å². The number of rotatable bonds is 3. The fraction of sp³-hybridized carbons (Fsp3) is 0.250. The second-order valence-corrected chi connectivity index (χ2v) is 4.15. The Kier molecular flexibility index (Phi) is 3.01. The fourth-order valence-electron chi connectivity index (χ4n) is 1.87. The van der Waals surface area contributed by atoms with Crippen LogP contribution >= 0.6 is 0 Å². The van der Waals surface area contributed by atoms with Crippen molar-refractivity contribution in [1.82, 2.24) is 5.32 Å². The van der Waals surface area contributed by atoms with Crippen molar-refractivity contribution in [2.24, 2.45) is 5.73 Å². The quantitative estimate of drug-likeness (QED) is 0.741. The predicted octanol–water partition coefficient (Wildman–Crippen LogP) is 0.0790. The van der Waals surface area contributed by atoms with Gasteiger partial charge >= 0.3 is 6.03 Å². The van der Waals surface area contributed by atoms with Gasteiger partial charge in [-0.3, -0.25) is 9.59 Å². The van der Waals surface area contributed by atoms with Gasteiger partial charge in [0.2, 0.25) is 5.91 Å². The Balaban J connectivity index is 2.40. The number of amides is 4. The van der Waals surface area contributed by atoms with Gasteiger partial charge in [0.15, 0.2) is 0 Å². The molecule has 1 aliphatic heterocycles. The van der Waals surface area contributed by atoms with E-state index in [2.05, 4.69) is 5.32 Å². The highest BCUT2D eigenvalue weighted by Crippen LogP contribution is 2.24. The van der Waals surface area contributed by atoms with Crippen molar-refractivity contribution in [1.29, 1.82) is 0 Å². The van der Waals surface area contributed by atoms with Gasteiger partial charge in [-0.1, -0.05) is 12.1 Å². The Morgan fingerprint density at radius 2 is 2.17 bits per heavy atom. The molecule has 0 saturated carbocycles. The van der Waals surface area contributed by atoms with E-state index in [1.54, 1.807) is 25.1 Å². The van der Waals surface area contributed by atoms with Crippen LogP contribution in [0.1, 0.15) is 11.1 Å².